The lowest BCUT2D eigenvalue weighted by molar-refractivity contribution is 0.417. The van der Waals surface area contributed by atoms with Gasteiger partial charge in [-0.05, 0) is 25.0 Å². The molecule has 158 valence electrons. The molecule has 0 saturated carbocycles. The van der Waals surface area contributed by atoms with Crippen LogP contribution in [-0.2, 0) is 6.42 Å². The molecule has 0 bridgehead atoms. The van der Waals surface area contributed by atoms with Crippen LogP contribution < -0.4 is 15.4 Å². The van der Waals surface area contributed by atoms with Crippen molar-refractivity contribution < 1.29 is 17.9 Å². The third kappa shape index (κ3) is 3.72. The lowest BCUT2D eigenvalue weighted by atomic mass is 9.95. The minimum Gasteiger partial charge on any atom is -0.508 e. The summed E-state index contributed by atoms with van der Waals surface area (Å²) in [6.45, 7) is 7.17. The fourth-order valence-corrected chi connectivity index (χ4v) is 3.87. The quantitative estimate of drug-likeness (QED) is 0.542. The Kier molecular flexibility index (Phi) is 5.38. The summed E-state index contributed by atoms with van der Waals surface area (Å²) in [4.78, 5) is 12.4. The van der Waals surface area contributed by atoms with Crippen LogP contribution in [0.3, 0.4) is 0 Å². The SMILES string of the molecule is [C-]#[N+]c1ccc(Nc2nc(NC)c3c(n2)[C@@H](c2c(F)cc(F)cc2F)CC3)cc1OC. The molecule has 0 fully saturated rings. The number of nitrogens with one attached hydrogen (secondary N) is 2. The average Bonchev–Trinajstić information content (AvgIpc) is 3.16. The zero-order valence-corrected chi connectivity index (χ0v) is 16.8. The zero-order valence-electron chi connectivity index (χ0n) is 16.8. The van der Waals surface area contributed by atoms with Gasteiger partial charge in [0.15, 0.2) is 0 Å². The Morgan fingerprint density at radius 1 is 1.13 bits per heavy atom. The highest BCUT2D eigenvalue weighted by Crippen LogP contribution is 2.42. The molecule has 1 aliphatic rings. The highest BCUT2D eigenvalue weighted by Gasteiger charge is 2.33. The average molecular weight is 425 g/mol. The smallest absolute Gasteiger partial charge is 0.229 e. The number of rotatable bonds is 5. The van der Waals surface area contributed by atoms with E-state index in [1.165, 1.54) is 7.11 Å². The molecule has 1 aliphatic carbocycles. The topological polar surface area (TPSA) is 63.4 Å². The lowest BCUT2D eigenvalue weighted by Crippen LogP contribution is -2.10. The molecule has 1 aromatic heterocycles. The van der Waals surface area contributed by atoms with Crippen LogP contribution in [0.2, 0.25) is 0 Å². The molecule has 6 nitrogen and oxygen atoms in total. The van der Waals surface area contributed by atoms with Crippen molar-refractivity contribution in [1.29, 1.82) is 0 Å². The van der Waals surface area contributed by atoms with Gasteiger partial charge in [-0.2, -0.15) is 4.98 Å². The fourth-order valence-electron chi connectivity index (χ4n) is 3.87. The maximum absolute atomic E-state index is 14.4. The third-order valence-electron chi connectivity index (χ3n) is 5.24. The fraction of sp³-hybridized carbons (Fsp3) is 0.227. The van der Waals surface area contributed by atoms with Crippen LogP contribution in [0.25, 0.3) is 4.85 Å². The second-order valence-electron chi connectivity index (χ2n) is 7.01. The summed E-state index contributed by atoms with van der Waals surface area (Å²) >= 11 is 0. The van der Waals surface area contributed by atoms with Gasteiger partial charge in [0.2, 0.25) is 11.6 Å². The van der Waals surface area contributed by atoms with Crippen LogP contribution in [-0.4, -0.2) is 24.1 Å². The van der Waals surface area contributed by atoms with E-state index in [1.807, 2.05) is 0 Å². The van der Waals surface area contributed by atoms with Gasteiger partial charge in [0.25, 0.3) is 0 Å². The standard InChI is InChI=1S/C22H18F3N5O/c1-26-17-7-4-12(10-18(17)31-3)28-22-29-20-13(5-6-14(20)21(27-2)30-22)19-15(24)8-11(23)9-16(19)25/h4,7-10,13H,5-6H2,2-3H3,(H2,27,28,29,30)/t13-/m1/s1. The summed E-state index contributed by atoms with van der Waals surface area (Å²) in [5.41, 5.74) is 1.99. The van der Waals surface area contributed by atoms with E-state index in [4.69, 9.17) is 11.3 Å². The number of aromatic nitrogens is 2. The van der Waals surface area contributed by atoms with Crippen LogP contribution in [0, 0.1) is 24.0 Å². The number of ether oxygens (including phenoxy) is 1. The van der Waals surface area contributed by atoms with Crippen molar-refractivity contribution in [3.8, 4) is 5.75 Å². The molecule has 0 unspecified atom stereocenters. The molecule has 1 heterocycles. The Labute approximate surface area is 176 Å². The second kappa shape index (κ2) is 8.14. The zero-order chi connectivity index (χ0) is 22.1. The first-order valence-corrected chi connectivity index (χ1v) is 9.50. The number of methoxy groups -OCH3 is 1. The Hall–Kier alpha value is -3.80. The van der Waals surface area contributed by atoms with Crippen LogP contribution in [0.4, 0.5) is 36.3 Å². The number of fused-ring (bicyclic) bond motifs is 1. The molecule has 1 atom stereocenters. The van der Waals surface area contributed by atoms with Crippen molar-refractivity contribution >= 4 is 23.1 Å². The first-order chi connectivity index (χ1) is 14.9. The summed E-state index contributed by atoms with van der Waals surface area (Å²) in [6.07, 6.45) is 0.954. The highest BCUT2D eigenvalue weighted by atomic mass is 19.1. The van der Waals surface area contributed by atoms with Gasteiger partial charge in [0.05, 0.1) is 19.4 Å². The van der Waals surface area contributed by atoms with Crippen LogP contribution in [0.1, 0.15) is 29.2 Å². The van der Waals surface area contributed by atoms with E-state index in [9.17, 15) is 13.2 Å². The Bertz CT molecular complexity index is 1190. The molecule has 0 spiro atoms. The predicted molar refractivity (Wildman–Crippen MR) is 111 cm³/mol. The number of nitrogens with zero attached hydrogens (tertiary/aromatic N) is 3. The van der Waals surface area contributed by atoms with Crippen molar-refractivity contribution in [2.75, 3.05) is 24.8 Å². The maximum atomic E-state index is 14.4. The molecule has 4 rings (SSSR count). The third-order valence-corrected chi connectivity index (χ3v) is 5.24. The molecule has 2 N–H and O–H groups in total. The monoisotopic (exact) mass is 425 g/mol. The van der Waals surface area contributed by atoms with Crippen molar-refractivity contribution in [1.82, 2.24) is 9.97 Å². The number of halogens is 3. The van der Waals surface area contributed by atoms with E-state index >= 15 is 0 Å². The normalized spacial score (nSPS) is 14.6. The van der Waals surface area contributed by atoms with Crippen LogP contribution >= 0.6 is 0 Å². The van der Waals surface area contributed by atoms with Gasteiger partial charge in [-0.25, -0.2) is 23.0 Å². The number of hydrogen-bond acceptors (Lipinski definition) is 5. The van der Waals surface area contributed by atoms with Gasteiger partial charge < -0.3 is 15.4 Å². The van der Waals surface area contributed by atoms with Crippen molar-refractivity contribution in [2.24, 2.45) is 0 Å². The molecule has 31 heavy (non-hydrogen) atoms. The minimum atomic E-state index is -0.963. The van der Waals surface area contributed by atoms with E-state index in [2.05, 4.69) is 25.4 Å². The van der Waals surface area contributed by atoms with Gasteiger partial charge in [-0.3, -0.25) is 0 Å². The Morgan fingerprint density at radius 3 is 2.52 bits per heavy atom. The predicted octanol–water partition coefficient (Wildman–Crippen LogP) is 5.32. The molecule has 0 aliphatic heterocycles. The van der Waals surface area contributed by atoms with Gasteiger partial charge in [-0.1, -0.05) is 6.07 Å². The van der Waals surface area contributed by atoms with Gasteiger partial charge >= 0.3 is 0 Å². The van der Waals surface area contributed by atoms with E-state index < -0.39 is 23.4 Å². The number of benzene rings is 2. The summed E-state index contributed by atoms with van der Waals surface area (Å²) in [5.74, 6) is -2.34. The summed E-state index contributed by atoms with van der Waals surface area (Å²) in [7, 11) is 3.17. The number of hydrogen-bond donors (Lipinski definition) is 2. The Morgan fingerprint density at radius 2 is 1.87 bits per heavy atom. The molecule has 9 heteroatoms. The van der Waals surface area contributed by atoms with E-state index in [-0.39, 0.29) is 11.5 Å². The Balaban J connectivity index is 1.76. The molecular formula is C22H18F3N5O. The lowest BCUT2D eigenvalue weighted by Gasteiger charge is -2.16. The first-order valence-electron chi connectivity index (χ1n) is 9.50. The van der Waals surface area contributed by atoms with Gasteiger partial charge in [0, 0.05) is 41.9 Å². The van der Waals surface area contributed by atoms with Gasteiger partial charge in [-0.15, -0.1) is 0 Å². The van der Waals surface area contributed by atoms with E-state index in [0.717, 1.165) is 5.56 Å². The molecular weight excluding hydrogens is 407 g/mol. The summed E-state index contributed by atoms with van der Waals surface area (Å²) in [5, 5.41) is 6.05. The molecule has 3 aromatic rings. The number of anilines is 3. The van der Waals surface area contributed by atoms with Crippen molar-refractivity contribution in [3.63, 3.8) is 0 Å². The maximum Gasteiger partial charge on any atom is 0.229 e. The highest BCUT2D eigenvalue weighted by molar-refractivity contribution is 5.67. The summed E-state index contributed by atoms with van der Waals surface area (Å²) < 4.78 is 47.5. The van der Waals surface area contributed by atoms with Crippen molar-refractivity contribution in [2.45, 2.75) is 18.8 Å². The molecule has 0 amide bonds. The van der Waals surface area contributed by atoms with Crippen molar-refractivity contribution in [3.05, 3.63) is 76.0 Å². The van der Waals surface area contributed by atoms with Gasteiger partial charge in [0.1, 0.15) is 29.0 Å². The molecule has 2 aromatic carbocycles. The summed E-state index contributed by atoms with van der Waals surface area (Å²) in [6, 6.07) is 6.29. The minimum absolute atomic E-state index is 0.199. The van der Waals surface area contributed by atoms with Crippen LogP contribution in [0.5, 0.6) is 5.75 Å². The van der Waals surface area contributed by atoms with E-state index in [1.54, 1.807) is 25.2 Å². The molecule has 0 saturated heterocycles. The largest absolute Gasteiger partial charge is 0.508 e. The second-order valence-corrected chi connectivity index (χ2v) is 7.01. The first kappa shape index (κ1) is 20.5. The van der Waals surface area contributed by atoms with E-state index in [0.29, 0.717) is 53.6 Å². The van der Waals surface area contributed by atoms with Crippen LogP contribution in [0.15, 0.2) is 30.3 Å². The molecule has 0 radical (unpaired) electrons.